The number of unbranched alkanes of at least 4 members (excludes halogenated alkanes) is 1. The lowest BCUT2D eigenvalue weighted by atomic mass is 10.1. The Kier molecular flexibility index (Phi) is 4.02. The first-order chi connectivity index (χ1) is 9.92. The van der Waals surface area contributed by atoms with Gasteiger partial charge < -0.3 is 0 Å². The average molecular weight is 262 g/mol. The van der Waals surface area contributed by atoms with E-state index < -0.39 is 0 Å². The van der Waals surface area contributed by atoms with E-state index in [1.54, 1.807) is 0 Å². The Morgan fingerprint density at radius 1 is 0.700 bits per heavy atom. The maximum absolute atomic E-state index is 4.66. The van der Waals surface area contributed by atoms with Crippen LogP contribution < -0.4 is 0 Å². The normalized spacial score (nSPS) is 10.8. The Hall–Kier alpha value is -2.22. The minimum atomic E-state index is 0.973. The molecule has 0 bridgehead atoms. The maximum Gasteiger partial charge on any atom is 0.0890 e. The topological polar surface area (TPSA) is 25.8 Å². The van der Waals surface area contributed by atoms with Crippen LogP contribution >= 0.6 is 0 Å². The number of hydrogen-bond donors (Lipinski definition) is 0. The minimum absolute atomic E-state index is 0.973. The second kappa shape index (κ2) is 6.29. The Morgan fingerprint density at radius 2 is 1.40 bits per heavy atom. The predicted octanol–water partition coefficient (Wildman–Crippen LogP) is 4.20. The fourth-order valence-electron chi connectivity index (χ4n) is 2.40. The van der Waals surface area contributed by atoms with Gasteiger partial charge in [-0.2, -0.15) is 0 Å². The summed E-state index contributed by atoms with van der Waals surface area (Å²) in [7, 11) is 0. The molecule has 100 valence electrons. The highest BCUT2D eigenvalue weighted by atomic mass is 14.8. The van der Waals surface area contributed by atoms with E-state index in [2.05, 4.69) is 40.3 Å². The molecule has 2 heteroatoms. The lowest BCUT2D eigenvalue weighted by molar-refractivity contribution is 0.722. The summed E-state index contributed by atoms with van der Waals surface area (Å²) in [6, 6.07) is 18.7. The molecule has 20 heavy (non-hydrogen) atoms. The predicted molar refractivity (Wildman–Crippen MR) is 82.6 cm³/mol. The van der Waals surface area contributed by atoms with Crippen molar-refractivity contribution in [2.75, 3.05) is 0 Å². The molecule has 3 aromatic rings. The zero-order chi connectivity index (χ0) is 13.6. The quantitative estimate of drug-likeness (QED) is 0.644. The molecule has 0 saturated carbocycles. The SMILES string of the molecule is c1ccc(CCCCc2cnc3ccccc3n2)cc1. The number of nitrogens with zero attached hydrogens (tertiary/aromatic N) is 2. The van der Waals surface area contributed by atoms with Crippen molar-refractivity contribution >= 4 is 11.0 Å². The summed E-state index contributed by atoms with van der Waals surface area (Å²) < 4.78 is 0. The van der Waals surface area contributed by atoms with Crippen LogP contribution in [0.3, 0.4) is 0 Å². The zero-order valence-corrected chi connectivity index (χ0v) is 11.5. The van der Waals surface area contributed by atoms with E-state index in [0.29, 0.717) is 0 Å². The number of hydrogen-bond acceptors (Lipinski definition) is 2. The van der Waals surface area contributed by atoms with Crippen molar-refractivity contribution < 1.29 is 0 Å². The third-order valence-electron chi connectivity index (χ3n) is 3.49. The number of para-hydroxylation sites is 2. The molecule has 0 amide bonds. The summed E-state index contributed by atoms with van der Waals surface area (Å²) in [5.74, 6) is 0. The van der Waals surface area contributed by atoms with Gasteiger partial charge in [0.05, 0.1) is 16.7 Å². The van der Waals surface area contributed by atoms with Crippen molar-refractivity contribution in [1.29, 1.82) is 0 Å². The lowest BCUT2D eigenvalue weighted by Crippen LogP contribution is -1.94. The van der Waals surface area contributed by atoms with Crippen LogP contribution in [0.15, 0.2) is 60.8 Å². The Morgan fingerprint density at radius 3 is 2.25 bits per heavy atom. The first kappa shape index (κ1) is 12.8. The van der Waals surface area contributed by atoms with E-state index in [4.69, 9.17) is 0 Å². The van der Waals surface area contributed by atoms with Crippen LogP contribution in [0.2, 0.25) is 0 Å². The van der Waals surface area contributed by atoms with E-state index in [0.717, 1.165) is 36.0 Å². The van der Waals surface area contributed by atoms with Crippen molar-refractivity contribution in [2.24, 2.45) is 0 Å². The average Bonchev–Trinajstić information content (AvgIpc) is 2.52. The minimum Gasteiger partial charge on any atom is -0.253 e. The molecule has 2 nitrogen and oxygen atoms in total. The standard InChI is InChI=1S/C18H18N2/c1-2-8-15(9-3-1)10-4-5-11-16-14-19-17-12-6-7-13-18(17)20-16/h1-3,6-9,12-14H,4-5,10-11H2. The largest absolute Gasteiger partial charge is 0.253 e. The lowest BCUT2D eigenvalue weighted by Gasteiger charge is -2.03. The molecule has 0 N–H and O–H groups in total. The van der Waals surface area contributed by atoms with Crippen molar-refractivity contribution in [1.82, 2.24) is 9.97 Å². The number of fused-ring (bicyclic) bond motifs is 1. The maximum atomic E-state index is 4.66. The van der Waals surface area contributed by atoms with Gasteiger partial charge >= 0.3 is 0 Å². The van der Waals surface area contributed by atoms with Gasteiger partial charge in [-0.1, -0.05) is 42.5 Å². The molecule has 0 spiro atoms. The fourth-order valence-corrected chi connectivity index (χ4v) is 2.40. The summed E-state index contributed by atoms with van der Waals surface area (Å²) in [5, 5.41) is 0. The highest BCUT2D eigenvalue weighted by Gasteiger charge is 1.99. The second-order valence-corrected chi connectivity index (χ2v) is 5.04. The fraction of sp³-hybridized carbons (Fsp3) is 0.222. The molecule has 0 radical (unpaired) electrons. The molecule has 2 aromatic carbocycles. The number of aromatic nitrogens is 2. The Balaban J connectivity index is 1.55. The molecule has 0 atom stereocenters. The monoisotopic (exact) mass is 262 g/mol. The third-order valence-corrected chi connectivity index (χ3v) is 3.49. The van der Waals surface area contributed by atoms with Gasteiger partial charge in [-0.15, -0.1) is 0 Å². The first-order valence-electron chi connectivity index (χ1n) is 7.16. The van der Waals surface area contributed by atoms with Crippen LogP contribution in [0.5, 0.6) is 0 Å². The van der Waals surface area contributed by atoms with Crippen molar-refractivity contribution in [3.05, 3.63) is 72.1 Å². The molecule has 0 aliphatic heterocycles. The van der Waals surface area contributed by atoms with Crippen molar-refractivity contribution in [3.63, 3.8) is 0 Å². The summed E-state index contributed by atoms with van der Waals surface area (Å²) in [4.78, 5) is 9.11. The van der Waals surface area contributed by atoms with Gasteiger partial charge in [0.1, 0.15) is 0 Å². The zero-order valence-electron chi connectivity index (χ0n) is 11.5. The molecule has 0 fully saturated rings. The Bertz CT molecular complexity index is 677. The van der Waals surface area contributed by atoms with Crippen LogP contribution in [0.25, 0.3) is 11.0 Å². The summed E-state index contributed by atoms with van der Waals surface area (Å²) in [6.45, 7) is 0. The first-order valence-corrected chi connectivity index (χ1v) is 7.16. The number of aryl methyl sites for hydroxylation is 2. The number of benzene rings is 2. The number of rotatable bonds is 5. The summed E-state index contributed by atoms with van der Waals surface area (Å²) in [5.41, 5.74) is 4.47. The molecule has 0 aliphatic carbocycles. The summed E-state index contributed by atoms with van der Waals surface area (Å²) >= 11 is 0. The molecule has 0 aliphatic rings. The van der Waals surface area contributed by atoms with Crippen LogP contribution in [0.4, 0.5) is 0 Å². The van der Waals surface area contributed by atoms with Crippen LogP contribution in [-0.4, -0.2) is 9.97 Å². The second-order valence-electron chi connectivity index (χ2n) is 5.04. The van der Waals surface area contributed by atoms with Crippen LogP contribution in [0.1, 0.15) is 24.1 Å². The molecule has 1 aromatic heterocycles. The van der Waals surface area contributed by atoms with Gasteiger partial charge in [-0.05, 0) is 43.4 Å². The summed E-state index contributed by atoms with van der Waals surface area (Å²) in [6.07, 6.45) is 6.40. The van der Waals surface area contributed by atoms with Gasteiger partial charge in [0.25, 0.3) is 0 Å². The van der Waals surface area contributed by atoms with E-state index in [-0.39, 0.29) is 0 Å². The van der Waals surface area contributed by atoms with E-state index in [9.17, 15) is 0 Å². The molecular weight excluding hydrogens is 244 g/mol. The van der Waals surface area contributed by atoms with E-state index in [1.165, 1.54) is 12.0 Å². The molecule has 0 unspecified atom stereocenters. The van der Waals surface area contributed by atoms with Crippen molar-refractivity contribution in [3.8, 4) is 0 Å². The van der Waals surface area contributed by atoms with Gasteiger partial charge in [-0.25, -0.2) is 4.98 Å². The Labute approximate surface area is 119 Å². The van der Waals surface area contributed by atoms with Gasteiger partial charge in [-0.3, -0.25) is 4.98 Å². The van der Waals surface area contributed by atoms with Gasteiger partial charge in [0, 0.05) is 6.20 Å². The van der Waals surface area contributed by atoms with Crippen molar-refractivity contribution in [2.45, 2.75) is 25.7 Å². The van der Waals surface area contributed by atoms with E-state index in [1.807, 2.05) is 30.5 Å². The molecule has 3 rings (SSSR count). The highest BCUT2D eigenvalue weighted by Crippen LogP contribution is 2.11. The van der Waals surface area contributed by atoms with Gasteiger partial charge in [0.2, 0.25) is 0 Å². The van der Waals surface area contributed by atoms with Gasteiger partial charge in [0.15, 0.2) is 0 Å². The smallest absolute Gasteiger partial charge is 0.0890 e. The third kappa shape index (κ3) is 3.21. The highest BCUT2D eigenvalue weighted by molar-refractivity contribution is 5.73. The molecule has 0 saturated heterocycles. The molecule has 1 heterocycles. The molecular formula is C18H18N2. The van der Waals surface area contributed by atoms with E-state index >= 15 is 0 Å². The van der Waals surface area contributed by atoms with Crippen LogP contribution in [-0.2, 0) is 12.8 Å². The van der Waals surface area contributed by atoms with Crippen LogP contribution in [0, 0.1) is 0 Å².